The van der Waals surface area contributed by atoms with Crippen LogP contribution in [-0.4, -0.2) is 20.0 Å². The van der Waals surface area contributed by atoms with Crippen molar-refractivity contribution in [3.8, 4) is 11.5 Å². The Hall–Kier alpha value is -2.86. The molecule has 0 radical (unpaired) electrons. The van der Waals surface area contributed by atoms with Crippen LogP contribution >= 0.6 is 43.5 Å². The van der Waals surface area contributed by atoms with Crippen LogP contribution in [0.3, 0.4) is 0 Å². The number of carbonyl (C=O) groups excluding carboxylic acids is 1. The van der Waals surface area contributed by atoms with Gasteiger partial charge in [0.1, 0.15) is 11.5 Å². The highest BCUT2D eigenvalue weighted by molar-refractivity contribution is 9.10. The maximum Gasteiger partial charge on any atom is 0.167 e. The second-order valence-corrected chi connectivity index (χ2v) is 9.97. The Bertz CT molecular complexity index is 1280. The minimum Gasteiger partial charge on any atom is -0.497 e. The van der Waals surface area contributed by atoms with Crippen LogP contribution in [0.5, 0.6) is 11.5 Å². The predicted molar refractivity (Wildman–Crippen MR) is 156 cm³/mol. The largest absolute Gasteiger partial charge is 0.497 e. The highest BCUT2D eigenvalue weighted by Crippen LogP contribution is 2.25. The van der Waals surface area contributed by atoms with E-state index in [1.165, 1.54) is 0 Å². The van der Waals surface area contributed by atoms with E-state index in [-0.39, 0.29) is 5.78 Å². The maximum atomic E-state index is 12.0. The number of methoxy groups -OCH3 is 2. The van der Waals surface area contributed by atoms with Crippen LogP contribution in [-0.2, 0) is 6.42 Å². The molecule has 4 rings (SSSR count). The Kier molecular flexibility index (Phi) is 10.8. The van der Waals surface area contributed by atoms with E-state index < -0.39 is 0 Å². The number of carbonyl (C=O) groups is 1. The van der Waals surface area contributed by atoms with Crippen LogP contribution in [0.4, 0.5) is 0 Å². The van der Waals surface area contributed by atoms with Gasteiger partial charge in [-0.15, -0.1) is 0 Å². The molecular formula is C30H25Br2ClO3. The van der Waals surface area contributed by atoms with E-state index >= 15 is 0 Å². The third-order valence-electron chi connectivity index (χ3n) is 5.22. The number of hydrogen-bond donors (Lipinski definition) is 0. The molecule has 0 heterocycles. The van der Waals surface area contributed by atoms with Gasteiger partial charge in [-0.05, 0) is 95.6 Å². The molecule has 0 fully saturated rings. The monoisotopic (exact) mass is 626 g/mol. The maximum absolute atomic E-state index is 12.0. The summed E-state index contributed by atoms with van der Waals surface area (Å²) >= 11 is 13.1. The number of rotatable bonds is 7. The van der Waals surface area contributed by atoms with Gasteiger partial charge in [-0.2, -0.15) is 0 Å². The Morgan fingerprint density at radius 3 is 1.61 bits per heavy atom. The fourth-order valence-corrected chi connectivity index (χ4v) is 3.99. The average molecular weight is 629 g/mol. The van der Waals surface area contributed by atoms with Gasteiger partial charge in [0.2, 0.25) is 0 Å². The number of benzene rings is 4. The third-order valence-corrected chi connectivity index (χ3v) is 6.60. The summed E-state index contributed by atoms with van der Waals surface area (Å²) in [6.07, 6.45) is 2.36. The molecule has 3 nitrogen and oxygen atoms in total. The van der Waals surface area contributed by atoms with Gasteiger partial charge in [-0.1, -0.05) is 67.7 Å². The summed E-state index contributed by atoms with van der Waals surface area (Å²) in [5.74, 6) is 1.70. The van der Waals surface area contributed by atoms with Crippen molar-refractivity contribution in [3.63, 3.8) is 0 Å². The van der Waals surface area contributed by atoms with Crippen molar-refractivity contribution >= 4 is 60.4 Å². The van der Waals surface area contributed by atoms with Crippen molar-refractivity contribution in [2.75, 3.05) is 14.2 Å². The minimum atomic E-state index is 0.111. The molecular weight excluding hydrogens is 604 g/mol. The lowest BCUT2D eigenvalue weighted by atomic mass is 10.0. The van der Waals surface area contributed by atoms with Crippen LogP contribution in [0.15, 0.2) is 106 Å². The number of ether oxygens (including phenoxy) is 2. The molecule has 0 saturated heterocycles. The zero-order chi connectivity index (χ0) is 25.9. The summed E-state index contributed by atoms with van der Waals surface area (Å²) < 4.78 is 12.2. The zero-order valence-electron chi connectivity index (χ0n) is 19.9. The number of Topliss-reactive ketones (excluding diaryl/α,β-unsaturated/α-hetero) is 1. The van der Waals surface area contributed by atoms with Gasteiger partial charge < -0.3 is 9.47 Å². The molecule has 0 aliphatic heterocycles. The van der Waals surface area contributed by atoms with Crippen molar-refractivity contribution in [3.05, 3.63) is 128 Å². The Balaban J connectivity index is 0.000000201. The first kappa shape index (κ1) is 27.7. The number of halogens is 3. The molecule has 4 aromatic rings. The fraction of sp³-hybridized carbons (Fsp3) is 0.100. The quantitative estimate of drug-likeness (QED) is 0.151. The van der Waals surface area contributed by atoms with E-state index in [9.17, 15) is 4.79 Å². The molecule has 0 aliphatic carbocycles. The first-order valence-electron chi connectivity index (χ1n) is 11.1. The van der Waals surface area contributed by atoms with Gasteiger partial charge in [0, 0.05) is 26.0 Å². The summed E-state index contributed by atoms with van der Waals surface area (Å²) in [7, 11) is 3.26. The highest BCUT2D eigenvalue weighted by Gasteiger charge is 2.07. The normalized spacial score (nSPS) is 10.8. The molecule has 0 saturated carbocycles. The first-order chi connectivity index (χ1) is 17.4. The van der Waals surface area contributed by atoms with Gasteiger partial charge in [0.05, 0.1) is 14.2 Å². The van der Waals surface area contributed by atoms with E-state index in [0.29, 0.717) is 17.0 Å². The Morgan fingerprint density at radius 1 is 0.694 bits per heavy atom. The SMILES string of the molecule is COc1ccc(/C(Cl)=C/c2ccc(Br)cc2)cc1.COc1ccc(C(=O)Cc2ccc(Br)cc2)cc1. The van der Waals surface area contributed by atoms with Gasteiger partial charge in [0.15, 0.2) is 5.78 Å². The van der Waals surface area contributed by atoms with Gasteiger partial charge in [-0.25, -0.2) is 0 Å². The molecule has 0 bridgehead atoms. The average Bonchev–Trinajstić information content (AvgIpc) is 2.91. The molecule has 0 N–H and O–H groups in total. The fourth-order valence-electron chi connectivity index (χ4n) is 3.21. The summed E-state index contributed by atoms with van der Waals surface area (Å²) in [6, 6.07) is 30.6. The molecule has 0 aliphatic rings. The van der Waals surface area contributed by atoms with Gasteiger partial charge >= 0.3 is 0 Å². The van der Waals surface area contributed by atoms with Crippen molar-refractivity contribution < 1.29 is 14.3 Å². The van der Waals surface area contributed by atoms with E-state index in [1.807, 2.05) is 78.9 Å². The van der Waals surface area contributed by atoms with E-state index in [0.717, 1.165) is 37.1 Å². The molecule has 6 heteroatoms. The van der Waals surface area contributed by atoms with Crippen molar-refractivity contribution in [2.24, 2.45) is 0 Å². The second-order valence-electron chi connectivity index (χ2n) is 7.73. The summed E-state index contributed by atoms with van der Waals surface area (Å²) in [6.45, 7) is 0. The predicted octanol–water partition coefficient (Wildman–Crippen LogP) is 9.08. The van der Waals surface area contributed by atoms with Crippen molar-refractivity contribution in [2.45, 2.75) is 6.42 Å². The van der Waals surface area contributed by atoms with Crippen molar-refractivity contribution in [1.82, 2.24) is 0 Å². The Labute approximate surface area is 234 Å². The zero-order valence-corrected chi connectivity index (χ0v) is 23.8. The Morgan fingerprint density at radius 2 is 1.14 bits per heavy atom. The minimum absolute atomic E-state index is 0.111. The molecule has 184 valence electrons. The molecule has 0 unspecified atom stereocenters. The lowest BCUT2D eigenvalue weighted by Gasteiger charge is -2.03. The van der Waals surface area contributed by atoms with Crippen LogP contribution in [0.2, 0.25) is 0 Å². The van der Waals surface area contributed by atoms with Gasteiger partial charge in [0.25, 0.3) is 0 Å². The number of ketones is 1. The van der Waals surface area contributed by atoms with E-state index in [4.69, 9.17) is 21.1 Å². The highest BCUT2D eigenvalue weighted by atomic mass is 79.9. The molecule has 0 atom stereocenters. The molecule has 36 heavy (non-hydrogen) atoms. The lowest BCUT2D eigenvalue weighted by Crippen LogP contribution is -2.03. The van der Waals surface area contributed by atoms with Crippen LogP contribution < -0.4 is 9.47 Å². The van der Waals surface area contributed by atoms with E-state index in [1.54, 1.807) is 38.5 Å². The van der Waals surface area contributed by atoms with Gasteiger partial charge in [-0.3, -0.25) is 4.79 Å². The summed E-state index contributed by atoms with van der Waals surface area (Å²) in [4.78, 5) is 12.0. The van der Waals surface area contributed by atoms with Crippen LogP contribution in [0.1, 0.15) is 27.0 Å². The molecule has 0 spiro atoms. The third kappa shape index (κ3) is 8.66. The summed E-state index contributed by atoms with van der Waals surface area (Å²) in [5, 5.41) is 0.708. The summed E-state index contributed by atoms with van der Waals surface area (Å²) in [5.41, 5.74) is 3.76. The number of hydrogen-bond acceptors (Lipinski definition) is 3. The topological polar surface area (TPSA) is 35.5 Å². The van der Waals surface area contributed by atoms with Crippen LogP contribution in [0.25, 0.3) is 11.1 Å². The smallest absolute Gasteiger partial charge is 0.167 e. The van der Waals surface area contributed by atoms with Crippen molar-refractivity contribution in [1.29, 1.82) is 0 Å². The molecule has 0 aromatic heterocycles. The second kappa shape index (κ2) is 14.0. The molecule has 0 amide bonds. The van der Waals surface area contributed by atoms with Crippen LogP contribution in [0, 0.1) is 0 Å². The molecule has 4 aromatic carbocycles. The first-order valence-corrected chi connectivity index (χ1v) is 13.0. The lowest BCUT2D eigenvalue weighted by molar-refractivity contribution is 0.0993. The standard InChI is InChI=1S/C15H12BrClO.C15H13BrO2/c2*1-18-14-8-4-12(5-9-14)15(17)10-11-2-6-13(16)7-3-11/h2-10H,1H3;2-9H,10H2,1H3/b15-10-;. The van der Waals surface area contributed by atoms with E-state index in [2.05, 4.69) is 31.9 Å².